The van der Waals surface area contributed by atoms with E-state index in [-0.39, 0.29) is 5.04 Å². The number of halogens is 1. The Morgan fingerprint density at radius 3 is 1.96 bits per heavy atom. The van der Waals surface area contributed by atoms with E-state index in [1.165, 1.54) is 10.4 Å². The van der Waals surface area contributed by atoms with E-state index in [9.17, 15) is 0 Å². The Balaban J connectivity index is 1.80. The zero-order valence-electron chi connectivity index (χ0n) is 16.9. The lowest BCUT2D eigenvalue weighted by atomic mass is 10.2. The zero-order valence-corrected chi connectivity index (χ0v) is 20.1. The molecule has 3 rings (SSSR count). The predicted octanol–water partition coefficient (Wildman–Crippen LogP) is 4.84. The fourth-order valence-electron chi connectivity index (χ4n) is 3.84. The summed E-state index contributed by atoms with van der Waals surface area (Å²) in [6.07, 6.45) is 6.12. The SMILES string of the molecule is CC(C)(C)[Si](OCCCCn1cnc(I)c1)(c1ccccc1)c1ccccc1. The summed E-state index contributed by atoms with van der Waals surface area (Å²) in [6.45, 7) is 8.74. The first-order valence-electron chi connectivity index (χ1n) is 9.86. The second-order valence-corrected chi connectivity index (χ2v) is 13.6. The molecule has 0 saturated heterocycles. The van der Waals surface area contributed by atoms with E-state index < -0.39 is 8.32 Å². The average molecular weight is 504 g/mol. The standard InChI is InChI=1S/C23H29IN2OSi/c1-23(2,3)28(20-12-6-4-7-13-20,21-14-8-5-9-15-21)27-17-11-10-16-26-18-22(24)25-19-26/h4-9,12-15,18-19H,10-11,16-17H2,1-3H3. The quantitative estimate of drug-likeness (QED) is 0.249. The fourth-order valence-corrected chi connectivity index (χ4v) is 8.93. The van der Waals surface area contributed by atoms with Crippen molar-refractivity contribution in [1.29, 1.82) is 0 Å². The molecule has 0 radical (unpaired) electrons. The molecule has 0 aliphatic carbocycles. The molecule has 0 fully saturated rings. The number of imidazole rings is 1. The maximum Gasteiger partial charge on any atom is 0.261 e. The first-order valence-corrected chi connectivity index (χ1v) is 12.8. The van der Waals surface area contributed by atoms with Gasteiger partial charge in [-0.05, 0) is 50.8 Å². The highest BCUT2D eigenvalue weighted by molar-refractivity contribution is 14.1. The molecular formula is C23H29IN2OSi. The van der Waals surface area contributed by atoms with Crippen LogP contribution in [-0.4, -0.2) is 24.5 Å². The molecule has 0 aliphatic rings. The largest absolute Gasteiger partial charge is 0.407 e. The Kier molecular flexibility index (Phi) is 7.12. The van der Waals surface area contributed by atoms with Crippen molar-refractivity contribution < 1.29 is 4.43 Å². The molecule has 1 heterocycles. The van der Waals surface area contributed by atoms with Crippen LogP contribution >= 0.6 is 22.6 Å². The van der Waals surface area contributed by atoms with Gasteiger partial charge in [0.2, 0.25) is 0 Å². The Morgan fingerprint density at radius 2 is 1.50 bits per heavy atom. The molecular weight excluding hydrogens is 475 g/mol. The Labute approximate surface area is 183 Å². The summed E-state index contributed by atoms with van der Waals surface area (Å²) < 4.78 is 10.1. The van der Waals surface area contributed by atoms with E-state index in [0.29, 0.717) is 0 Å². The third-order valence-electron chi connectivity index (χ3n) is 5.15. The number of hydrogen-bond acceptors (Lipinski definition) is 2. The van der Waals surface area contributed by atoms with Crippen LogP contribution in [0.25, 0.3) is 0 Å². The van der Waals surface area contributed by atoms with Crippen molar-refractivity contribution in [3.8, 4) is 0 Å². The van der Waals surface area contributed by atoms with Crippen LogP contribution in [-0.2, 0) is 11.0 Å². The van der Waals surface area contributed by atoms with Gasteiger partial charge in [0.05, 0.1) is 6.33 Å². The monoisotopic (exact) mass is 504 g/mol. The average Bonchev–Trinajstić information content (AvgIpc) is 3.10. The van der Waals surface area contributed by atoms with E-state index in [4.69, 9.17) is 4.43 Å². The molecule has 0 aliphatic heterocycles. The summed E-state index contributed by atoms with van der Waals surface area (Å²) in [5, 5.41) is 2.73. The molecule has 5 heteroatoms. The van der Waals surface area contributed by atoms with Gasteiger partial charge in [-0.15, -0.1) is 0 Å². The van der Waals surface area contributed by atoms with Crippen molar-refractivity contribution in [2.75, 3.05) is 6.61 Å². The summed E-state index contributed by atoms with van der Waals surface area (Å²) in [5.74, 6) is 0. The molecule has 0 unspecified atom stereocenters. The van der Waals surface area contributed by atoms with Crippen LogP contribution < -0.4 is 10.4 Å². The second-order valence-electron chi connectivity index (χ2n) is 8.15. The van der Waals surface area contributed by atoms with Gasteiger partial charge in [0.25, 0.3) is 8.32 Å². The highest BCUT2D eigenvalue weighted by Crippen LogP contribution is 2.36. The third kappa shape index (κ3) is 4.75. The van der Waals surface area contributed by atoms with Crippen molar-refractivity contribution >= 4 is 41.3 Å². The van der Waals surface area contributed by atoms with E-state index in [0.717, 1.165) is 29.7 Å². The van der Waals surface area contributed by atoms with E-state index in [2.05, 4.69) is 120 Å². The summed E-state index contributed by atoms with van der Waals surface area (Å²) in [5.41, 5.74) is 0. The van der Waals surface area contributed by atoms with Crippen LogP contribution in [0.15, 0.2) is 73.2 Å². The van der Waals surface area contributed by atoms with Gasteiger partial charge in [0, 0.05) is 19.3 Å². The minimum Gasteiger partial charge on any atom is -0.407 e. The van der Waals surface area contributed by atoms with Crippen LogP contribution in [0.1, 0.15) is 33.6 Å². The first kappa shape index (κ1) is 21.3. The molecule has 3 nitrogen and oxygen atoms in total. The van der Waals surface area contributed by atoms with Gasteiger partial charge in [-0.3, -0.25) is 0 Å². The first-order chi connectivity index (χ1) is 13.4. The molecule has 2 aromatic carbocycles. The van der Waals surface area contributed by atoms with Gasteiger partial charge >= 0.3 is 0 Å². The number of hydrogen-bond donors (Lipinski definition) is 0. The topological polar surface area (TPSA) is 27.1 Å². The minimum absolute atomic E-state index is 0.0379. The lowest BCUT2D eigenvalue weighted by Gasteiger charge is -2.43. The molecule has 0 N–H and O–H groups in total. The normalized spacial score (nSPS) is 12.3. The molecule has 0 amide bonds. The van der Waals surface area contributed by atoms with Crippen LogP contribution in [0, 0.1) is 3.70 Å². The number of aromatic nitrogens is 2. The highest BCUT2D eigenvalue weighted by Gasteiger charge is 2.49. The number of nitrogens with zero attached hydrogens (tertiary/aromatic N) is 2. The maximum atomic E-state index is 6.92. The van der Waals surface area contributed by atoms with E-state index in [1.54, 1.807) is 0 Å². The number of rotatable bonds is 8. The van der Waals surface area contributed by atoms with Gasteiger partial charge in [0.15, 0.2) is 0 Å². The van der Waals surface area contributed by atoms with Crippen molar-refractivity contribution in [3.63, 3.8) is 0 Å². The van der Waals surface area contributed by atoms with Crippen LogP contribution in [0.2, 0.25) is 5.04 Å². The van der Waals surface area contributed by atoms with Gasteiger partial charge in [-0.2, -0.15) is 0 Å². The molecule has 3 aromatic rings. The summed E-state index contributed by atoms with van der Waals surface area (Å²) in [7, 11) is -2.39. The molecule has 148 valence electrons. The van der Waals surface area contributed by atoms with Crippen molar-refractivity contribution in [2.24, 2.45) is 0 Å². The minimum atomic E-state index is -2.39. The predicted molar refractivity (Wildman–Crippen MR) is 128 cm³/mol. The lowest BCUT2D eigenvalue weighted by Crippen LogP contribution is -2.66. The van der Waals surface area contributed by atoms with Gasteiger partial charge in [-0.25, -0.2) is 4.98 Å². The molecule has 1 aromatic heterocycles. The van der Waals surface area contributed by atoms with E-state index >= 15 is 0 Å². The van der Waals surface area contributed by atoms with Crippen LogP contribution in [0.4, 0.5) is 0 Å². The Hall–Kier alpha value is -1.44. The molecule has 0 spiro atoms. The maximum absolute atomic E-state index is 6.92. The van der Waals surface area contributed by atoms with Gasteiger partial charge < -0.3 is 8.99 Å². The highest BCUT2D eigenvalue weighted by atomic mass is 127. The Bertz CT molecular complexity index is 820. The van der Waals surface area contributed by atoms with Crippen molar-refractivity contribution in [1.82, 2.24) is 9.55 Å². The Morgan fingerprint density at radius 1 is 0.929 bits per heavy atom. The molecule has 28 heavy (non-hydrogen) atoms. The van der Waals surface area contributed by atoms with Crippen LogP contribution in [0.3, 0.4) is 0 Å². The zero-order chi connectivity index (χ0) is 20.0. The second kappa shape index (κ2) is 9.37. The molecule has 0 bridgehead atoms. The van der Waals surface area contributed by atoms with E-state index in [1.807, 2.05) is 6.33 Å². The van der Waals surface area contributed by atoms with Crippen LogP contribution in [0.5, 0.6) is 0 Å². The number of aryl methyl sites for hydroxylation is 1. The number of benzene rings is 2. The van der Waals surface area contributed by atoms with Crippen molar-refractivity contribution in [3.05, 3.63) is 76.9 Å². The lowest BCUT2D eigenvalue weighted by molar-refractivity contribution is 0.285. The molecule has 0 saturated carbocycles. The summed E-state index contributed by atoms with van der Waals surface area (Å²) in [6, 6.07) is 21.7. The van der Waals surface area contributed by atoms with Crippen molar-refractivity contribution in [2.45, 2.75) is 45.2 Å². The molecule has 0 atom stereocenters. The number of unbranched alkanes of at least 4 members (excludes halogenated alkanes) is 1. The fraction of sp³-hybridized carbons (Fsp3) is 0.348. The third-order valence-corrected chi connectivity index (χ3v) is 10.7. The van der Waals surface area contributed by atoms with Gasteiger partial charge in [-0.1, -0.05) is 81.4 Å². The van der Waals surface area contributed by atoms with Gasteiger partial charge in [0.1, 0.15) is 3.70 Å². The summed E-state index contributed by atoms with van der Waals surface area (Å²) in [4.78, 5) is 4.29. The summed E-state index contributed by atoms with van der Waals surface area (Å²) >= 11 is 2.25. The smallest absolute Gasteiger partial charge is 0.261 e.